The van der Waals surface area contributed by atoms with Gasteiger partial charge in [0.25, 0.3) is 0 Å². The second-order valence-electron chi connectivity index (χ2n) is 8.24. The maximum absolute atomic E-state index is 11.6. The van der Waals surface area contributed by atoms with Crippen molar-refractivity contribution in [1.29, 1.82) is 0 Å². The number of carbonyl (C=O) groups is 1. The molecule has 7 heteroatoms. The van der Waals surface area contributed by atoms with Crippen molar-refractivity contribution in [3.8, 4) is 5.88 Å². The molecular formula is C26H24N4O3. The fraction of sp³-hybridized carbons (Fsp3) is 0.192. The molecule has 3 N–H and O–H groups in total. The molecule has 1 saturated heterocycles. The lowest BCUT2D eigenvalue weighted by molar-refractivity contribution is 0.0697. The standard InChI is InChI=1S/C26H24N4O3/c31-25-23(20-15-18(26(32)33)9-10-21(20)29-25)24(22-8-1-2-11-27-22)28-19-7-5-6-17(14-19)16-30-12-3-4-13-30/h1-2,5-11,14-15,29,31H,3-4,12-13,16H2,(H,32,33). The van der Waals surface area contributed by atoms with Gasteiger partial charge in [-0.3, -0.25) is 9.88 Å². The molecule has 0 radical (unpaired) electrons. The molecule has 0 unspecified atom stereocenters. The number of aromatic nitrogens is 2. The molecule has 1 aliphatic rings. The predicted molar refractivity (Wildman–Crippen MR) is 127 cm³/mol. The normalized spacial score (nSPS) is 14.7. The quantitative estimate of drug-likeness (QED) is 0.376. The van der Waals surface area contributed by atoms with Crippen molar-refractivity contribution >= 4 is 28.3 Å². The molecule has 0 amide bonds. The molecule has 166 valence electrons. The first-order chi connectivity index (χ1) is 16.1. The van der Waals surface area contributed by atoms with Gasteiger partial charge in [-0.1, -0.05) is 18.2 Å². The summed E-state index contributed by atoms with van der Waals surface area (Å²) >= 11 is 0. The summed E-state index contributed by atoms with van der Waals surface area (Å²) in [4.78, 5) is 26.3. The fourth-order valence-corrected chi connectivity index (χ4v) is 4.35. The number of aromatic hydroxyl groups is 1. The first-order valence-corrected chi connectivity index (χ1v) is 11.0. The highest BCUT2D eigenvalue weighted by molar-refractivity contribution is 6.21. The number of aromatic amines is 1. The lowest BCUT2D eigenvalue weighted by Gasteiger charge is -2.14. The van der Waals surface area contributed by atoms with Gasteiger partial charge in [0, 0.05) is 23.6 Å². The third kappa shape index (κ3) is 4.36. The number of H-pyrrole nitrogens is 1. The van der Waals surface area contributed by atoms with E-state index in [4.69, 9.17) is 4.99 Å². The van der Waals surface area contributed by atoms with Crippen LogP contribution in [0.1, 0.15) is 40.0 Å². The molecule has 4 aromatic rings. The van der Waals surface area contributed by atoms with Gasteiger partial charge in [-0.15, -0.1) is 0 Å². The monoisotopic (exact) mass is 440 g/mol. The Morgan fingerprint density at radius 3 is 2.67 bits per heavy atom. The maximum atomic E-state index is 11.6. The van der Waals surface area contributed by atoms with Crippen LogP contribution in [0.5, 0.6) is 5.88 Å². The number of hydrogen-bond donors (Lipinski definition) is 3. The molecule has 2 aromatic carbocycles. The van der Waals surface area contributed by atoms with E-state index in [1.165, 1.54) is 24.5 Å². The molecule has 1 aliphatic heterocycles. The topological polar surface area (TPSA) is 102 Å². The zero-order chi connectivity index (χ0) is 22.8. The Morgan fingerprint density at radius 2 is 1.91 bits per heavy atom. The molecule has 0 atom stereocenters. The Morgan fingerprint density at radius 1 is 1.06 bits per heavy atom. The third-order valence-electron chi connectivity index (χ3n) is 5.93. The smallest absolute Gasteiger partial charge is 0.335 e. The van der Waals surface area contributed by atoms with Gasteiger partial charge < -0.3 is 15.2 Å². The van der Waals surface area contributed by atoms with Crippen molar-refractivity contribution in [2.24, 2.45) is 4.99 Å². The minimum absolute atomic E-state index is 0.0786. The van der Waals surface area contributed by atoms with E-state index in [1.54, 1.807) is 18.3 Å². The second kappa shape index (κ2) is 8.88. The van der Waals surface area contributed by atoms with Crippen LogP contribution in [0.4, 0.5) is 5.69 Å². The number of pyridine rings is 1. The summed E-state index contributed by atoms with van der Waals surface area (Å²) in [6, 6.07) is 18.3. The number of fused-ring (bicyclic) bond motifs is 1. The Balaban J connectivity index is 1.64. The number of nitrogens with zero attached hydrogens (tertiary/aromatic N) is 3. The largest absolute Gasteiger partial charge is 0.494 e. The van der Waals surface area contributed by atoms with E-state index in [1.807, 2.05) is 30.3 Å². The summed E-state index contributed by atoms with van der Waals surface area (Å²) in [5.74, 6) is -1.11. The first kappa shape index (κ1) is 20.9. The number of nitrogens with one attached hydrogen (secondary N) is 1. The number of carboxylic acids is 1. The number of rotatable bonds is 6. The molecule has 0 bridgehead atoms. The van der Waals surface area contributed by atoms with Crippen molar-refractivity contribution < 1.29 is 15.0 Å². The van der Waals surface area contributed by atoms with E-state index >= 15 is 0 Å². The van der Waals surface area contributed by atoms with Crippen molar-refractivity contribution in [2.75, 3.05) is 13.1 Å². The van der Waals surface area contributed by atoms with Crippen LogP contribution in [0.3, 0.4) is 0 Å². The highest BCUT2D eigenvalue weighted by Crippen LogP contribution is 2.32. The summed E-state index contributed by atoms with van der Waals surface area (Å²) in [7, 11) is 0. The van der Waals surface area contributed by atoms with E-state index in [-0.39, 0.29) is 11.4 Å². The van der Waals surface area contributed by atoms with Crippen LogP contribution in [0.2, 0.25) is 0 Å². The second-order valence-corrected chi connectivity index (χ2v) is 8.24. The van der Waals surface area contributed by atoms with Gasteiger partial charge in [0.15, 0.2) is 5.88 Å². The van der Waals surface area contributed by atoms with Gasteiger partial charge in [-0.25, -0.2) is 9.79 Å². The average Bonchev–Trinajstić information content (AvgIpc) is 3.44. The highest BCUT2D eigenvalue weighted by Gasteiger charge is 2.21. The van der Waals surface area contributed by atoms with Gasteiger partial charge in [-0.2, -0.15) is 0 Å². The van der Waals surface area contributed by atoms with E-state index in [0.717, 1.165) is 25.3 Å². The molecule has 1 fully saturated rings. The summed E-state index contributed by atoms with van der Waals surface area (Å²) in [6.07, 6.45) is 4.14. The SMILES string of the molecule is O=C(O)c1ccc2[nH]c(O)c(C(=Nc3cccc(CN4CCCC4)c3)c3ccccn3)c2c1. The van der Waals surface area contributed by atoms with Crippen LogP contribution in [-0.2, 0) is 6.54 Å². The molecule has 7 nitrogen and oxygen atoms in total. The minimum Gasteiger partial charge on any atom is -0.494 e. The first-order valence-electron chi connectivity index (χ1n) is 11.0. The van der Waals surface area contributed by atoms with Gasteiger partial charge in [0.1, 0.15) is 5.71 Å². The molecule has 0 saturated carbocycles. The van der Waals surface area contributed by atoms with Crippen LogP contribution < -0.4 is 0 Å². The number of carboxylic acid groups (broad SMARTS) is 1. The lowest BCUT2D eigenvalue weighted by atomic mass is 10.0. The van der Waals surface area contributed by atoms with Crippen molar-refractivity contribution in [2.45, 2.75) is 19.4 Å². The van der Waals surface area contributed by atoms with E-state index in [9.17, 15) is 15.0 Å². The van der Waals surface area contributed by atoms with E-state index < -0.39 is 5.97 Å². The maximum Gasteiger partial charge on any atom is 0.335 e. The van der Waals surface area contributed by atoms with Crippen molar-refractivity contribution in [3.05, 3.63) is 89.2 Å². The highest BCUT2D eigenvalue weighted by atomic mass is 16.4. The van der Waals surface area contributed by atoms with Crippen molar-refractivity contribution in [1.82, 2.24) is 14.9 Å². The van der Waals surface area contributed by atoms with E-state index in [0.29, 0.717) is 27.9 Å². The van der Waals surface area contributed by atoms with Gasteiger partial charge in [-0.05, 0) is 74.0 Å². The molecule has 0 aliphatic carbocycles. The number of hydrogen-bond acceptors (Lipinski definition) is 5. The summed E-state index contributed by atoms with van der Waals surface area (Å²) in [5.41, 5.74) is 4.16. The van der Waals surface area contributed by atoms with Crippen molar-refractivity contribution in [3.63, 3.8) is 0 Å². The molecule has 5 rings (SSSR count). The molecule has 0 spiro atoms. The lowest BCUT2D eigenvalue weighted by Crippen LogP contribution is -2.18. The van der Waals surface area contributed by atoms with Crippen LogP contribution in [0, 0.1) is 0 Å². The minimum atomic E-state index is -1.03. The summed E-state index contributed by atoms with van der Waals surface area (Å²) in [6.45, 7) is 3.10. The van der Waals surface area contributed by atoms with Gasteiger partial charge in [0.2, 0.25) is 0 Å². The molecule has 3 heterocycles. The predicted octanol–water partition coefficient (Wildman–Crippen LogP) is 4.73. The average molecular weight is 441 g/mol. The number of aliphatic imine (C=N–C) groups is 1. The number of aromatic carboxylic acids is 1. The molecular weight excluding hydrogens is 416 g/mol. The van der Waals surface area contributed by atoms with Gasteiger partial charge in [0.05, 0.1) is 22.5 Å². The van der Waals surface area contributed by atoms with Gasteiger partial charge >= 0.3 is 5.97 Å². The third-order valence-corrected chi connectivity index (χ3v) is 5.93. The van der Waals surface area contributed by atoms with Crippen LogP contribution >= 0.6 is 0 Å². The number of benzene rings is 2. The van der Waals surface area contributed by atoms with Crippen LogP contribution in [0.15, 0.2) is 71.9 Å². The number of likely N-dealkylation sites (tertiary alicyclic amines) is 1. The Kier molecular flexibility index (Phi) is 5.62. The summed E-state index contributed by atoms with van der Waals surface area (Å²) < 4.78 is 0. The summed E-state index contributed by atoms with van der Waals surface area (Å²) in [5, 5.41) is 20.8. The Hall–Kier alpha value is -3.97. The fourth-order valence-electron chi connectivity index (χ4n) is 4.35. The Labute approximate surface area is 191 Å². The zero-order valence-corrected chi connectivity index (χ0v) is 18.0. The van der Waals surface area contributed by atoms with E-state index in [2.05, 4.69) is 27.0 Å². The molecule has 2 aromatic heterocycles. The molecule has 33 heavy (non-hydrogen) atoms. The zero-order valence-electron chi connectivity index (χ0n) is 18.0. The Bertz CT molecular complexity index is 1340. The van der Waals surface area contributed by atoms with Crippen LogP contribution in [-0.4, -0.2) is 49.9 Å². The van der Waals surface area contributed by atoms with Crippen LogP contribution in [0.25, 0.3) is 10.9 Å².